The second-order valence-electron chi connectivity index (χ2n) is 9.91. The molecule has 0 radical (unpaired) electrons. The lowest BCUT2D eigenvalue weighted by Gasteiger charge is -2.41. The van der Waals surface area contributed by atoms with Gasteiger partial charge in [-0.1, -0.05) is 49.4 Å². The number of benzene rings is 2. The number of hydrogen-bond acceptors (Lipinski definition) is 7. The van der Waals surface area contributed by atoms with Gasteiger partial charge in [-0.15, -0.1) is 0 Å². The van der Waals surface area contributed by atoms with Crippen LogP contribution >= 0.6 is 0 Å². The number of pyridine rings is 1. The molecule has 1 aromatic heterocycles. The standard InChI is InChI=1S/C28H33N3O6S/c1-4-18-10-12-22(13-11-18)38(35,36)31-24-23-15-20(16-29-27(23)37-28(2,3)25(24)33)26(34)30-21(17-32)14-19-8-6-5-7-9-19/h5-13,15-16,21,24-25,31-33H,4,14,17H2,1-3H3,(H,30,34)/t21-,24+,25-/m0/s1. The summed E-state index contributed by atoms with van der Waals surface area (Å²) in [7, 11) is -4.03. The van der Waals surface area contributed by atoms with E-state index in [1.54, 1.807) is 26.0 Å². The maximum atomic E-state index is 13.3. The molecular weight excluding hydrogens is 506 g/mol. The largest absolute Gasteiger partial charge is 0.469 e. The van der Waals surface area contributed by atoms with E-state index in [2.05, 4.69) is 15.0 Å². The summed E-state index contributed by atoms with van der Waals surface area (Å²) in [5, 5.41) is 23.7. The van der Waals surface area contributed by atoms with E-state index in [4.69, 9.17) is 4.74 Å². The zero-order valence-electron chi connectivity index (χ0n) is 21.6. The first-order valence-electron chi connectivity index (χ1n) is 12.5. The van der Waals surface area contributed by atoms with Crippen LogP contribution in [0, 0.1) is 0 Å². The molecular formula is C28H33N3O6S. The number of aliphatic hydroxyl groups excluding tert-OH is 2. The number of aryl methyl sites for hydroxylation is 1. The van der Waals surface area contributed by atoms with Gasteiger partial charge in [-0.3, -0.25) is 4.79 Å². The Kier molecular flexibility index (Phi) is 8.17. The summed E-state index contributed by atoms with van der Waals surface area (Å²) < 4.78 is 35.0. The number of amides is 1. The van der Waals surface area contributed by atoms with Crippen molar-refractivity contribution in [2.75, 3.05) is 6.61 Å². The summed E-state index contributed by atoms with van der Waals surface area (Å²) >= 11 is 0. The molecule has 0 fully saturated rings. The first kappa shape index (κ1) is 27.7. The molecule has 38 heavy (non-hydrogen) atoms. The van der Waals surface area contributed by atoms with Crippen molar-refractivity contribution in [1.29, 1.82) is 0 Å². The SMILES string of the molecule is CCc1ccc(S(=O)(=O)N[C@@H]2c3cc(C(=O)N[C@H](CO)Cc4ccccc4)cnc3OC(C)(C)[C@H]2O)cc1. The van der Waals surface area contributed by atoms with E-state index in [0.717, 1.165) is 17.5 Å². The van der Waals surface area contributed by atoms with Gasteiger partial charge in [0.1, 0.15) is 11.7 Å². The number of nitrogens with zero attached hydrogens (tertiary/aromatic N) is 1. The van der Waals surface area contributed by atoms with Gasteiger partial charge < -0.3 is 20.3 Å². The predicted molar refractivity (Wildman–Crippen MR) is 142 cm³/mol. The third kappa shape index (κ3) is 6.05. The fourth-order valence-corrected chi connectivity index (χ4v) is 5.60. The number of aromatic nitrogens is 1. The lowest BCUT2D eigenvalue weighted by Crippen LogP contribution is -2.53. The van der Waals surface area contributed by atoms with Gasteiger partial charge in [0.05, 0.1) is 29.1 Å². The molecule has 1 amide bonds. The van der Waals surface area contributed by atoms with Gasteiger partial charge >= 0.3 is 0 Å². The molecule has 2 heterocycles. The Hall–Kier alpha value is -3.31. The highest BCUT2D eigenvalue weighted by Gasteiger charge is 2.45. The minimum Gasteiger partial charge on any atom is -0.469 e. The number of hydrogen-bond donors (Lipinski definition) is 4. The molecule has 0 saturated carbocycles. The highest BCUT2D eigenvalue weighted by Crippen LogP contribution is 2.39. The van der Waals surface area contributed by atoms with Crippen LogP contribution in [-0.2, 0) is 22.9 Å². The minimum atomic E-state index is -4.03. The zero-order valence-corrected chi connectivity index (χ0v) is 22.4. The number of sulfonamides is 1. The number of nitrogens with one attached hydrogen (secondary N) is 2. The highest BCUT2D eigenvalue weighted by atomic mass is 32.2. The summed E-state index contributed by atoms with van der Waals surface area (Å²) in [6.45, 7) is 4.98. The molecule has 10 heteroatoms. The van der Waals surface area contributed by atoms with Crippen LogP contribution in [0.1, 0.15) is 53.9 Å². The molecule has 0 spiro atoms. The van der Waals surface area contributed by atoms with E-state index >= 15 is 0 Å². The molecule has 202 valence electrons. The average Bonchev–Trinajstić information content (AvgIpc) is 2.91. The number of fused-ring (bicyclic) bond motifs is 1. The molecule has 1 aliphatic rings. The lowest BCUT2D eigenvalue weighted by atomic mass is 9.88. The summed E-state index contributed by atoms with van der Waals surface area (Å²) in [6, 6.07) is 15.8. The van der Waals surface area contributed by atoms with Gasteiger partial charge in [-0.05, 0) is 56.0 Å². The maximum absolute atomic E-state index is 13.3. The molecule has 2 aromatic carbocycles. The molecule has 1 aliphatic heterocycles. The van der Waals surface area contributed by atoms with Crippen molar-refractivity contribution in [3.63, 3.8) is 0 Å². The molecule has 0 saturated heterocycles. The number of rotatable bonds is 9. The monoisotopic (exact) mass is 539 g/mol. The first-order chi connectivity index (χ1) is 18.0. The van der Waals surface area contributed by atoms with E-state index in [1.807, 2.05) is 37.3 Å². The van der Waals surface area contributed by atoms with Crippen molar-refractivity contribution >= 4 is 15.9 Å². The van der Waals surface area contributed by atoms with Crippen LogP contribution in [-0.4, -0.2) is 53.9 Å². The first-order valence-corrected chi connectivity index (χ1v) is 14.0. The Labute approximate surface area is 222 Å². The highest BCUT2D eigenvalue weighted by molar-refractivity contribution is 7.89. The van der Waals surface area contributed by atoms with Crippen LogP contribution in [0.3, 0.4) is 0 Å². The van der Waals surface area contributed by atoms with Crippen molar-refractivity contribution in [3.8, 4) is 5.88 Å². The number of aliphatic hydroxyl groups is 2. The number of carbonyl (C=O) groups excluding carboxylic acids is 1. The summed E-state index contributed by atoms with van der Waals surface area (Å²) in [5.74, 6) is -0.375. The topological polar surface area (TPSA) is 138 Å². The Morgan fingerprint density at radius 2 is 1.79 bits per heavy atom. The molecule has 4 N–H and O–H groups in total. The van der Waals surface area contributed by atoms with E-state index in [-0.39, 0.29) is 28.5 Å². The second-order valence-corrected chi connectivity index (χ2v) is 11.6. The number of carbonyl (C=O) groups is 1. The molecule has 0 unspecified atom stereocenters. The molecule has 9 nitrogen and oxygen atoms in total. The van der Waals surface area contributed by atoms with E-state index in [1.165, 1.54) is 24.4 Å². The predicted octanol–water partition coefficient (Wildman–Crippen LogP) is 2.53. The molecule has 4 rings (SSSR count). The Morgan fingerprint density at radius 3 is 2.42 bits per heavy atom. The Morgan fingerprint density at radius 1 is 1.11 bits per heavy atom. The molecule has 0 aliphatic carbocycles. The van der Waals surface area contributed by atoms with E-state index in [0.29, 0.717) is 6.42 Å². The van der Waals surface area contributed by atoms with Crippen molar-refractivity contribution in [3.05, 3.63) is 89.1 Å². The third-order valence-corrected chi connectivity index (χ3v) is 8.13. The van der Waals surface area contributed by atoms with Crippen LogP contribution in [0.25, 0.3) is 0 Å². The molecule has 0 bridgehead atoms. The van der Waals surface area contributed by atoms with E-state index < -0.39 is 39.7 Å². The minimum absolute atomic E-state index is 0.0568. The van der Waals surface area contributed by atoms with Crippen LogP contribution in [0.15, 0.2) is 71.8 Å². The lowest BCUT2D eigenvalue weighted by molar-refractivity contribution is -0.0632. The van der Waals surface area contributed by atoms with Crippen LogP contribution in [0.4, 0.5) is 0 Å². The van der Waals surface area contributed by atoms with Gasteiger partial charge in [0.2, 0.25) is 15.9 Å². The Balaban J connectivity index is 1.61. The summed E-state index contributed by atoms with van der Waals surface area (Å²) in [4.78, 5) is 17.4. The zero-order chi connectivity index (χ0) is 27.5. The van der Waals surface area contributed by atoms with E-state index in [9.17, 15) is 23.4 Å². The quantitative estimate of drug-likeness (QED) is 0.328. The van der Waals surface area contributed by atoms with Crippen molar-refractivity contribution < 1.29 is 28.2 Å². The molecule has 3 atom stereocenters. The smallest absolute Gasteiger partial charge is 0.253 e. The van der Waals surface area contributed by atoms with Crippen molar-refractivity contribution in [2.45, 2.75) is 62.3 Å². The van der Waals surface area contributed by atoms with Gasteiger partial charge in [-0.25, -0.2) is 18.1 Å². The fourth-order valence-electron chi connectivity index (χ4n) is 4.38. The maximum Gasteiger partial charge on any atom is 0.253 e. The average molecular weight is 540 g/mol. The van der Waals surface area contributed by atoms with Crippen LogP contribution < -0.4 is 14.8 Å². The van der Waals surface area contributed by atoms with Crippen molar-refractivity contribution in [1.82, 2.24) is 15.0 Å². The van der Waals surface area contributed by atoms with Gasteiger partial charge in [0.15, 0.2) is 0 Å². The van der Waals surface area contributed by atoms with Crippen molar-refractivity contribution in [2.24, 2.45) is 0 Å². The second kappa shape index (κ2) is 11.2. The van der Waals surface area contributed by atoms with Crippen LogP contribution in [0.2, 0.25) is 0 Å². The Bertz CT molecular complexity index is 1380. The number of ether oxygens (including phenoxy) is 1. The molecule has 3 aromatic rings. The normalized spacial score (nSPS) is 19.2. The summed E-state index contributed by atoms with van der Waals surface area (Å²) in [5.41, 5.74) is 1.18. The third-order valence-electron chi connectivity index (χ3n) is 6.67. The summed E-state index contributed by atoms with van der Waals surface area (Å²) in [6.07, 6.45) is 1.25. The van der Waals surface area contributed by atoms with Gasteiger partial charge in [0, 0.05) is 11.8 Å². The fraction of sp³-hybridized carbons (Fsp3) is 0.357. The van der Waals surface area contributed by atoms with Gasteiger partial charge in [-0.2, -0.15) is 0 Å². The van der Waals surface area contributed by atoms with Crippen LogP contribution in [0.5, 0.6) is 5.88 Å². The van der Waals surface area contributed by atoms with Gasteiger partial charge in [0.25, 0.3) is 5.91 Å².